The van der Waals surface area contributed by atoms with Gasteiger partial charge in [0.15, 0.2) is 11.6 Å². The molecule has 6 rings (SSSR count). The van der Waals surface area contributed by atoms with Crippen LogP contribution in [0.25, 0.3) is 33.2 Å². The molecule has 158 valence electrons. The van der Waals surface area contributed by atoms with E-state index in [2.05, 4.69) is 37.4 Å². The zero-order chi connectivity index (χ0) is 21.1. The molecule has 2 fully saturated rings. The number of hydrogen-bond donors (Lipinski definition) is 2. The Hall–Kier alpha value is -3.26. The van der Waals surface area contributed by atoms with E-state index in [4.69, 9.17) is 0 Å². The molecule has 0 bridgehead atoms. The predicted molar refractivity (Wildman–Crippen MR) is 118 cm³/mol. The van der Waals surface area contributed by atoms with E-state index in [9.17, 15) is 9.50 Å². The Balaban J connectivity index is 1.32. The molecule has 1 aliphatic carbocycles. The molecular formula is C23H23FN6O. The minimum absolute atomic E-state index is 0.141. The van der Waals surface area contributed by atoms with Crippen molar-refractivity contribution >= 4 is 27.6 Å². The number of hydrogen-bond acceptors (Lipinski definition) is 6. The first-order valence-electron chi connectivity index (χ1n) is 10.7. The van der Waals surface area contributed by atoms with E-state index in [0.29, 0.717) is 28.2 Å². The van der Waals surface area contributed by atoms with Gasteiger partial charge in [-0.15, -0.1) is 0 Å². The van der Waals surface area contributed by atoms with Crippen LogP contribution in [0.4, 0.5) is 10.1 Å². The summed E-state index contributed by atoms with van der Waals surface area (Å²) in [6.07, 6.45) is 7.06. The van der Waals surface area contributed by atoms with Crippen molar-refractivity contribution in [3.63, 3.8) is 0 Å². The third-order valence-electron chi connectivity index (χ3n) is 6.23. The Morgan fingerprint density at radius 3 is 2.84 bits per heavy atom. The highest BCUT2D eigenvalue weighted by molar-refractivity contribution is 5.89. The number of aromatic hydroxyl groups is 1. The molecule has 2 aromatic heterocycles. The van der Waals surface area contributed by atoms with Gasteiger partial charge in [-0.25, -0.2) is 9.37 Å². The Morgan fingerprint density at radius 1 is 1.13 bits per heavy atom. The number of anilines is 1. The van der Waals surface area contributed by atoms with Crippen LogP contribution in [0.1, 0.15) is 19.3 Å². The Kier molecular flexibility index (Phi) is 4.11. The third kappa shape index (κ3) is 3.27. The van der Waals surface area contributed by atoms with E-state index in [1.165, 1.54) is 17.5 Å². The van der Waals surface area contributed by atoms with Gasteiger partial charge in [-0.1, -0.05) is 0 Å². The lowest BCUT2D eigenvalue weighted by molar-refractivity contribution is 0.437. The molecule has 1 saturated heterocycles. The van der Waals surface area contributed by atoms with Crippen LogP contribution in [0.3, 0.4) is 0 Å². The van der Waals surface area contributed by atoms with Crippen molar-refractivity contribution in [2.75, 3.05) is 18.0 Å². The van der Waals surface area contributed by atoms with Crippen LogP contribution >= 0.6 is 0 Å². The van der Waals surface area contributed by atoms with Crippen LogP contribution in [0, 0.1) is 5.82 Å². The summed E-state index contributed by atoms with van der Waals surface area (Å²) in [6, 6.07) is 9.03. The summed E-state index contributed by atoms with van der Waals surface area (Å²) in [6.45, 7) is 2.03. The van der Waals surface area contributed by atoms with Gasteiger partial charge in [-0.05, 0) is 43.5 Å². The fraction of sp³-hybridized carbons (Fsp3) is 0.348. The zero-order valence-corrected chi connectivity index (χ0v) is 17.2. The molecule has 1 saturated carbocycles. The van der Waals surface area contributed by atoms with E-state index in [1.807, 2.05) is 6.07 Å². The summed E-state index contributed by atoms with van der Waals surface area (Å²) in [5.41, 5.74) is 3.51. The highest BCUT2D eigenvalue weighted by Gasteiger charge is 2.29. The molecule has 1 atom stereocenters. The third-order valence-corrected chi connectivity index (χ3v) is 6.23. The molecule has 3 heterocycles. The second kappa shape index (κ2) is 6.88. The maximum Gasteiger partial charge on any atom is 0.193 e. The molecule has 1 aliphatic heterocycles. The number of phenols is 1. The average Bonchev–Trinajstić information content (AvgIpc) is 3.32. The molecular weight excluding hydrogens is 395 g/mol. The highest BCUT2D eigenvalue weighted by atomic mass is 19.1. The number of nitrogens with zero attached hydrogens (tertiary/aromatic N) is 5. The molecule has 7 nitrogen and oxygen atoms in total. The zero-order valence-electron chi connectivity index (χ0n) is 17.2. The Labute approximate surface area is 178 Å². The number of fused-ring (bicyclic) bond motifs is 2. The molecule has 0 amide bonds. The minimum atomic E-state index is -0.742. The maximum absolute atomic E-state index is 14.6. The second-order valence-electron chi connectivity index (χ2n) is 8.63. The fourth-order valence-corrected chi connectivity index (χ4v) is 4.47. The van der Waals surface area contributed by atoms with E-state index < -0.39 is 11.6 Å². The molecule has 4 aromatic rings. The molecule has 0 radical (unpaired) electrons. The summed E-state index contributed by atoms with van der Waals surface area (Å²) < 4.78 is 16.1. The molecule has 2 aliphatic rings. The summed E-state index contributed by atoms with van der Waals surface area (Å²) >= 11 is 0. The summed E-state index contributed by atoms with van der Waals surface area (Å²) in [4.78, 5) is 11.6. The van der Waals surface area contributed by atoms with Crippen molar-refractivity contribution in [3.8, 4) is 17.0 Å². The SMILES string of the molecule is Cn1cc2cc(-c3cnc4cc(N5CC[C@@H](NC6CC6)C5)ccc4n3)c(O)c(F)c2n1. The lowest BCUT2D eigenvalue weighted by Crippen LogP contribution is -2.33. The lowest BCUT2D eigenvalue weighted by atomic mass is 10.1. The molecule has 0 unspecified atom stereocenters. The predicted octanol–water partition coefficient (Wildman–Crippen LogP) is 3.36. The average molecular weight is 418 g/mol. The normalized spacial score (nSPS) is 19.0. The second-order valence-corrected chi connectivity index (χ2v) is 8.63. The van der Waals surface area contributed by atoms with E-state index in [1.54, 1.807) is 25.5 Å². The van der Waals surface area contributed by atoms with Crippen molar-refractivity contribution in [1.82, 2.24) is 25.1 Å². The van der Waals surface area contributed by atoms with Gasteiger partial charge in [0.05, 0.1) is 22.9 Å². The number of rotatable bonds is 4. The molecule has 31 heavy (non-hydrogen) atoms. The van der Waals surface area contributed by atoms with Crippen LogP contribution in [0.2, 0.25) is 0 Å². The number of nitrogens with one attached hydrogen (secondary N) is 1. The Morgan fingerprint density at radius 2 is 2.00 bits per heavy atom. The van der Waals surface area contributed by atoms with Crippen molar-refractivity contribution in [3.05, 3.63) is 42.5 Å². The monoisotopic (exact) mass is 418 g/mol. The molecule has 0 spiro atoms. The maximum atomic E-state index is 14.6. The summed E-state index contributed by atoms with van der Waals surface area (Å²) in [5, 5.41) is 18.8. The highest BCUT2D eigenvalue weighted by Crippen LogP contribution is 2.36. The van der Waals surface area contributed by atoms with Gasteiger partial charge in [0.1, 0.15) is 5.52 Å². The largest absolute Gasteiger partial charge is 0.504 e. The van der Waals surface area contributed by atoms with E-state index in [-0.39, 0.29) is 5.52 Å². The van der Waals surface area contributed by atoms with Gasteiger partial charge >= 0.3 is 0 Å². The standard InChI is InChI=1S/C23H23FN6O/c1-29-11-13-8-17(23(31)21(24)22(13)28-29)20-10-25-19-9-16(4-5-18(19)27-20)30-7-6-15(12-30)26-14-2-3-14/h4-5,8-11,14-15,26,31H,2-3,6-7,12H2,1H3/t15-/m1/s1. The number of phenolic OH excluding ortho intramolecular Hbond substituents is 1. The minimum Gasteiger partial charge on any atom is -0.504 e. The molecule has 2 N–H and O–H groups in total. The van der Waals surface area contributed by atoms with Crippen LogP contribution in [-0.4, -0.2) is 50.0 Å². The fourth-order valence-electron chi connectivity index (χ4n) is 4.47. The summed E-state index contributed by atoms with van der Waals surface area (Å²) in [5.74, 6) is -1.20. The van der Waals surface area contributed by atoms with E-state index >= 15 is 0 Å². The Bertz CT molecular complexity index is 1310. The smallest absolute Gasteiger partial charge is 0.193 e. The topological polar surface area (TPSA) is 79.1 Å². The van der Waals surface area contributed by atoms with Crippen molar-refractivity contribution in [1.29, 1.82) is 0 Å². The number of halogens is 1. The van der Waals surface area contributed by atoms with Crippen LogP contribution < -0.4 is 10.2 Å². The van der Waals surface area contributed by atoms with Crippen LogP contribution in [0.15, 0.2) is 36.7 Å². The number of aromatic nitrogens is 4. The van der Waals surface area contributed by atoms with Crippen molar-refractivity contribution in [2.45, 2.75) is 31.3 Å². The van der Waals surface area contributed by atoms with Crippen molar-refractivity contribution < 1.29 is 9.50 Å². The molecule has 8 heteroatoms. The van der Waals surface area contributed by atoms with E-state index in [0.717, 1.165) is 36.8 Å². The van der Waals surface area contributed by atoms with Gasteiger partial charge in [-0.3, -0.25) is 9.67 Å². The quantitative estimate of drug-likeness (QED) is 0.529. The first kappa shape index (κ1) is 18.5. The van der Waals surface area contributed by atoms with Crippen molar-refractivity contribution in [2.24, 2.45) is 7.05 Å². The first-order valence-corrected chi connectivity index (χ1v) is 10.7. The van der Waals surface area contributed by atoms with Gasteiger partial charge in [-0.2, -0.15) is 5.10 Å². The van der Waals surface area contributed by atoms with Crippen LogP contribution in [0.5, 0.6) is 5.75 Å². The number of benzene rings is 2. The number of aryl methyl sites for hydroxylation is 1. The van der Waals surface area contributed by atoms with Crippen LogP contribution in [-0.2, 0) is 7.05 Å². The summed E-state index contributed by atoms with van der Waals surface area (Å²) in [7, 11) is 1.72. The lowest BCUT2D eigenvalue weighted by Gasteiger charge is -2.19. The first-order chi connectivity index (χ1) is 15.0. The van der Waals surface area contributed by atoms with Gasteiger partial charge in [0, 0.05) is 55.1 Å². The van der Waals surface area contributed by atoms with Gasteiger partial charge in [0.25, 0.3) is 0 Å². The van der Waals surface area contributed by atoms with Gasteiger partial charge in [0.2, 0.25) is 0 Å². The van der Waals surface area contributed by atoms with Gasteiger partial charge < -0.3 is 15.3 Å². The molecule has 2 aromatic carbocycles.